The van der Waals surface area contributed by atoms with Crippen molar-refractivity contribution in [1.82, 2.24) is 0 Å². The van der Waals surface area contributed by atoms with E-state index < -0.39 is 22.2 Å². The third kappa shape index (κ3) is 2.63. The van der Waals surface area contributed by atoms with E-state index in [1.165, 1.54) is 24.3 Å². The molecule has 0 saturated heterocycles. The minimum Gasteiger partial charge on any atom is -0.346 e. The molecule has 0 bridgehead atoms. The van der Waals surface area contributed by atoms with Crippen LogP contribution in [0.4, 0.5) is 25.8 Å². The number of hydrogen-bond donors (Lipinski definition) is 1. The van der Waals surface area contributed by atoms with Gasteiger partial charge in [-0.05, 0) is 24.3 Å². The number of halogens is 3. The number of para-hydroxylation sites is 2. The van der Waals surface area contributed by atoms with Crippen LogP contribution >= 0.6 is 11.6 Å². The Labute approximate surface area is 111 Å². The normalized spacial score (nSPS) is 10.3. The molecule has 2 aromatic rings. The van der Waals surface area contributed by atoms with Gasteiger partial charge in [-0.2, -0.15) is 4.39 Å². The molecular weight excluding hydrogens is 278 g/mol. The van der Waals surface area contributed by atoms with Crippen LogP contribution in [0, 0.1) is 21.7 Å². The van der Waals surface area contributed by atoms with E-state index in [1.54, 1.807) is 0 Å². The Bertz CT molecular complexity index is 629. The largest absolute Gasteiger partial charge is 0.346 e. The highest BCUT2D eigenvalue weighted by molar-refractivity contribution is 6.33. The standard InChI is InChI=1S/C12H7ClF2N2O2/c13-7-3-1-4-8(14)11(7)16-10-6-2-5-9(15)12(10)17(18)19/h1-6,16H. The van der Waals surface area contributed by atoms with E-state index in [-0.39, 0.29) is 16.4 Å². The van der Waals surface area contributed by atoms with Gasteiger partial charge in [-0.3, -0.25) is 10.1 Å². The fraction of sp³-hybridized carbons (Fsp3) is 0. The van der Waals surface area contributed by atoms with Crippen LogP contribution in [0.5, 0.6) is 0 Å². The molecule has 98 valence electrons. The van der Waals surface area contributed by atoms with Gasteiger partial charge in [0.15, 0.2) is 0 Å². The van der Waals surface area contributed by atoms with E-state index in [9.17, 15) is 18.9 Å². The smallest absolute Gasteiger partial charge is 0.327 e. The Kier molecular flexibility index (Phi) is 3.62. The number of nitrogens with one attached hydrogen (secondary N) is 1. The molecule has 0 heterocycles. The average molecular weight is 285 g/mol. The van der Waals surface area contributed by atoms with Gasteiger partial charge in [0.2, 0.25) is 5.82 Å². The van der Waals surface area contributed by atoms with Gasteiger partial charge in [0.05, 0.1) is 15.6 Å². The average Bonchev–Trinajstić information content (AvgIpc) is 2.33. The zero-order valence-corrected chi connectivity index (χ0v) is 10.1. The lowest BCUT2D eigenvalue weighted by atomic mass is 10.2. The number of nitro benzene ring substituents is 1. The van der Waals surface area contributed by atoms with Crippen molar-refractivity contribution in [3.05, 3.63) is 63.2 Å². The highest BCUT2D eigenvalue weighted by Crippen LogP contribution is 2.33. The molecule has 0 unspecified atom stereocenters. The molecule has 0 amide bonds. The van der Waals surface area contributed by atoms with Crippen molar-refractivity contribution < 1.29 is 13.7 Å². The lowest BCUT2D eigenvalue weighted by Gasteiger charge is -2.09. The zero-order chi connectivity index (χ0) is 14.0. The van der Waals surface area contributed by atoms with Crippen LogP contribution in [0.2, 0.25) is 5.02 Å². The minimum absolute atomic E-state index is 0.0403. The predicted molar refractivity (Wildman–Crippen MR) is 67.7 cm³/mol. The van der Waals surface area contributed by atoms with Gasteiger partial charge in [-0.25, -0.2) is 4.39 Å². The Morgan fingerprint density at radius 1 is 1.11 bits per heavy atom. The number of nitro groups is 1. The molecule has 19 heavy (non-hydrogen) atoms. The monoisotopic (exact) mass is 284 g/mol. The topological polar surface area (TPSA) is 55.2 Å². The van der Waals surface area contributed by atoms with E-state index in [4.69, 9.17) is 11.6 Å². The van der Waals surface area contributed by atoms with Crippen molar-refractivity contribution in [2.75, 3.05) is 5.32 Å². The summed E-state index contributed by atoms with van der Waals surface area (Å²) < 4.78 is 27.0. The van der Waals surface area contributed by atoms with Gasteiger partial charge in [-0.15, -0.1) is 0 Å². The van der Waals surface area contributed by atoms with Crippen molar-refractivity contribution in [3.63, 3.8) is 0 Å². The maximum atomic E-state index is 13.6. The Morgan fingerprint density at radius 3 is 2.37 bits per heavy atom. The first-order valence-corrected chi connectivity index (χ1v) is 5.52. The molecule has 0 fully saturated rings. The van der Waals surface area contributed by atoms with Crippen LogP contribution in [0.15, 0.2) is 36.4 Å². The van der Waals surface area contributed by atoms with Gasteiger partial charge in [0.1, 0.15) is 11.5 Å². The molecule has 2 aromatic carbocycles. The number of rotatable bonds is 3. The van der Waals surface area contributed by atoms with Crippen molar-refractivity contribution in [3.8, 4) is 0 Å². The third-order valence-corrected chi connectivity index (χ3v) is 2.71. The maximum absolute atomic E-state index is 13.6. The summed E-state index contributed by atoms with van der Waals surface area (Å²) in [6, 6.07) is 7.44. The van der Waals surface area contributed by atoms with Crippen LogP contribution in [0.1, 0.15) is 0 Å². The minimum atomic E-state index is -1.01. The molecule has 7 heteroatoms. The molecule has 0 aliphatic heterocycles. The molecule has 4 nitrogen and oxygen atoms in total. The highest BCUT2D eigenvalue weighted by atomic mass is 35.5. The second-order valence-electron chi connectivity index (χ2n) is 3.61. The highest BCUT2D eigenvalue weighted by Gasteiger charge is 2.21. The van der Waals surface area contributed by atoms with Gasteiger partial charge in [0, 0.05) is 0 Å². The van der Waals surface area contributed by atoms with Crippen LogP contribution in [0.25, 0.3) is 0 Å². The summed E-state index contributed by atoms with van der Waals surface area (Å²) in [6.07, 6.45) is 0. The van der Waals surface area contributed by atoms with Gasteiger partial charge in [-0.1, -0.05) is 23.7 Å². The first-order chi connectivity index (χ1) is 9.00. The van der Waals surface area contributed by atoms with E-state index in [2.05, 4.69) is 5.32 Å². The van der Waals surface area contributed by atoms with E-state index in [0.29, 0.717) is 0 Å². The third-order valence-electron chi connectivity index (χ3n) is 2.39. The number of nitrogens with zero attached hydrogens (tertiary/aromatic N) is 1. The molecule has 0 radical (unpaired) electrons. The maximum Gasteiger partial charge on any atom is 0.327 e. The lowest BCUT2D eigenvalue weighted by molar-refractivity contribution is -0.386. The van der Waals surface area contributed by atoms with E-state index in [0.717, 1.165) is 12.1 Å². The molecule has 1 N–H and O–H groups in total. The first kappa shape index (κ1) is 13.2. The molecule has 0 aromatic heterocycles. The SMILES string of the molecule is O=[N+]([O-])c1c(F)cccc1Nc1c(F)cccc1Cl. The lowest BCUT2D eigenvalue weighted by Crippen LogP contribution is -2.01. The molecule has 0 spiro atoms. The van der Waals surface area contributed by atoms with E-state index in [1.807, 2.05) is 0 Å². The quantitative estimate of drug-likeness (QED) is 0.676. The fourth-order valence-corrected chi connectivity index (χ4v) is 1.76. The van der Waals surface area contributed by atoms with Gasteiger partial charge >= 0.3 is 5.69 Å². The molecule has 0 aliphatic carbocycles. The fourth-order valence-electron chi connectivity index (χ4n) is 1.55. The van der Waals surface area contributed by atoms with Gasteiger partial charge < -0.3 is 5.32 Å². The van der Waals surface area contributed by atoms with Crippen LogP contribution in [-0.2, 0) is 0 Å². The summed E-state index contributed by atoms with van der Waals surface area (Å²) in [5.41, 5.74) is -1.07. The van der Waals surface area contributed by atoms with Crippen LogP contribution in [0.3, 0.4) is 0 Å². The summed E-state index contributed by atoms with van der Waals surface area (Å²) >= 11 is 5.79. The van der Waals surface area contributed by atoms with Crippen molar-refractivity contribution in [1.29, 1.82) is 0 Å². The summed E-state index contributed by atoms with van der Waals surface area (Å²) in [5, 5.41) is 13.3. The summed E-state index contributed by atoms with van der Waals surface area (Å²) in [7, 11) is 0. The summed E-state index contributed by atoms with van der Waals surface area (Å²) in [4.78, 5) is 9.92. The Hall–Kier alpha value is -2.21. The van der Waals surface area contributed by atoms with E-state index >= 15 is 0 Å². The molecule has 0 aliphatic rings. The van der Waals surface area contributed by atoms with Crippen molar-refractivity contribution in [2.45, 2.75) is 0 Å². The van der Waals surface area contributed by atoms with Crippen LogP contribution < -0.4 is 5.32 Å². The second kappa shape index (κ2) is 5.19. The molecule has 0 saturated carbocycles. The first-order valence-electron chi connectivity index (χ1n) is 5.14. The molecule has 2 rings (SSSR count). The Balaban J connectivity index is 2.50. The second-order valence-corrected chi connectivity index (χ2v) is 4.02. The summed E-state index contributed by atoms with van der Waals surface area (Å²) in [5.74, 6) is -1.70. The van der Waals surface area contributed by atoms with Crippen molar-refractivity contribution in [2.24, 2.45) is 0 Å². The van der Waals surface area contributed by atoms with Crippen molar-refractivity contribution >= 4 is 28.7 Å². The molecular formula is C12H7ClF2N2O2. The predicted octanol–water partition coefficient (Wildman–Crippen LogP) is 4.27. The van der Waals surface area contributed by atoms with Crippen LogP contribution in [-0.4, -0.2) is 4.92 Å². The zero-order valence-electron chi connectivity index (χ0n) is 9.36. The Morgan fingerprint density at radius 2 is 1.74 bits per heavy atom. The number of hydrogen-bond acceptors (Lipinski definition) is 3. The number of benzene rings is 2. The summed E-state index contributed by atoms with van der Waals surface area (Å²) in [6.45, 7) is 0. The number of anilines is 2. The van der Waals surface area contributed by atoms with Gasteiger partial charge in [0.25, 0.3) is 0 Å². The molecule has 0 atom stereocenters.